The minimum absolute atomic E-state index is 0.0316. The molecular weight excluding hydrogens is 306 g/mol. The van der Waals surface area contributed by atoms with Gasteiger partial charge in [-0.25, -0.2) is 4.98 Å². The predicted octanol–water partition coefficient (Wildman–Crippen LogP) is 2.09. The average Bonchev–Trinajstić information content (AvgIpc) is 3.05. The third kappa shape index (κ3) is 4.17. The minimum atomic E-state index is 0.0316. The van der Waals surface area contributed by atoms with E-state index in [2.05, 4.69) is 4.98 Å². The summed E-state index contributed by atoms with van der Waals surface area (Å²) in [4.78, 5) is 20.7. The Morgan fingerprint density at radius 1 is 1.42 bits per heavy atom. The molecule has 2 aliphatic heterocycles. The van der Waals surface area contributed by atoms with Gasteiger partial charge in [-0.05, 0) is 31.4 Å². The van der Waals surface area contributed by atoms with Gasteiger partial charge in [0.15, 0.2) is 11.6 Å². The van der Waals surface area contributed by atoms with Crippen LogP contribution in [0.1, 0.15) is 32.1 Å². The van der Waals surface area contributed by atoms with Gasteiger partial charge in [0.25, 0.3) is 0 Å². The summed E-state index contributed by atoms with van der Waals surface area (Å²) < 4.78 is 11.8. The van der Waals surface area contributed by atoms with Crippen LogP contribution in [0, 0.1) is 0 Å². The molecule has 2 atom stereocenters. The van der Waals surface area contributed by atoms with E-state index in [1.54, 1.807) is 6.20 Å². The van der Waals surface area contributed by atoms with Crippen molar-refractivity contribution in [2.24, 2.45) is 0 Å². The van der Waals surface area contributed by atoms with E-state index in [-0.39, 0.29) is 18.1 Å². The SMILES string of the molecule is CN(C)c1ncccc1O[C@@H]1CCN(C(=O)C[C@H]2CCCCO2)C1. The molecule has 132 valence electrons. The quantitative estimate of drug-likeness (QED) is 0.826. The van der Waals surface area contributed by atoms with Gasteiger partial charge in [0.1, 0.15) is 6.10 Å². The highest BCUT2D eigenvalue weighted by molar-refractivity contribution is 5.77. The second-order valence-electron chi connectivity index (χ2n) is 6.78. The van der Waals surface area contributed by atoms with Crippen molar-refractivity contribution in [2.45, 2.75) is 44.3 Å². The maximum absolute atomic E-state index is 12.5. The van der Waals surface area contributed by atoms with Crippen LogP contribution in [0.3, 0.4) is 0 Å². The largest absolute Gasteiger partial charge is 0.485 e. The van der Waals surface area contributed by atoms with Crippen molar-refractivity contribution in [1.82, 2.24) is 9.88 Å². The fraction of sp³-hybridized carbons (Fsp3) is 0.667. The number of rotatable bonds is 5. The minimum Gasteiger partial charge on any atom is -0.485 e. The molecule has 0 bridgehead atoms. The summed E-state index contributed by atoms with van der Waals surface area (Å²) in [5.74, 6) is 1.78. The summed E-state index contributed by atoms with van der Waals surface area (Å²) in [5, 5.41) is 0. The van der Waals surface area contributed by atoms with Crippen molar-refractivity contribution in [3.63, 3.8) is 0 Å². The van der Waals surface area contributed by atoms with E-state index in [1.165, 1.54) is 0 Å². The van der Waals surface area contributed by atoms with Crippen molar-refractivity contribution in [2.75, 3.05) is 38.7 Å². The topological polar surface area (TPSA) is 54.9 Å². The van der Waals surface area contributed by atoms with Gasteiger partial charge >= 0.3 is 0 Å². The summed E-state index contributed by atoms with van der Waals surface area (Å²) in [6.07, 6.45) is 6.54. The number of hydrogen-bond acceptors (Lipinski definition) is 5. The first-order valence-corrected chi connectivity index (χ1v) is 8.82. The number of pyridine rings is 1. The van der Waals surface area contributed by atoms with Gasteiger partial charge in [-0.2, -0.15) is 0 Å². The molecule has 3 rings (SSSR count). The van der Waals surface area contributed by atoms with Gasteiger partial charge in [-0.15, -0.1) is 0 Å². The van der Waals surface area contributed by atoms with Crippen LogP contribution in [0.25, 0.3) is 0 Å². The first-order chi connectivity index (χ1) is 11.6. The molecule has 3 heterocycles. The van der Waals surface area contributed by atoms with E-state index in [1.807, 2.05) is 36.0 Å². The van der Waals surface area contributed by atoms with Gasteiger partial charge in [0, 0.05) is 39.9 Å². The molecule has 2 fully saturated rings. The normalized spacial score (nSPS) is 24.0. The molecule has 0 spiro atoms. The number of aromatic nitrogens is 1. The maximum atomic E-state index is 12.5. The van der Waals surface area contributed by atoms with Crippen molar-refractivity contribution in [1.29, 1.82) is 0 Å². The van der Waals surface area contributed by atoms with Crippen LogP contribution in [0.4, 0.5) is 5.82 Å². The zero-order chi connectivity index (χ0) is 16.9. The molecule has 6 heteroatoms. The van der Waals surface area contributed by atoms with Crippen LogP contribution >= 0.6 is 0 Å². The fourth-order valence-electron chi connectivity index (χ4n) is 3.33. The van der Waals surface area contributed by atoms with Gasteiger partial charge in [0.05, 0.1) is 19.1 Å². The number of carbonyl (C=O) groups is 1. The Morgan fingerprint density at radius 2 is 2.29 bits per heavy atom. The Balaban J connectivity index is 1.53. The van der Waals surface area contributed by atoms with Gasteiger partial charge in [0.2, 0.25) is 5.91 Å². The number of ether oxygens (including phenoxy) is 2. The van der Waals surface area contributed by atoms with Crippen molar-refractivity contribution >= 4 is 11.7 Å². The van der Waals surface area contributed by atoms with Crippen LogP contribution < -0.4 is 9.64 Å². The van der Waals surface area contributed by atoms with E-state index in [0.717, 1.165) is 50.4 Å². The Bertz CT molecular complexity index is 558. The predicted molar refractivity (Wildman–Crippen MR) is 92.4 cm³/mol. The lowest BCUT2D eigenvalue weighted by molar-refractivity contribution is -0.134. The van der Waals surface area contributed by atoms with E-state index in [0.29, 0.717) is 13.0 Å². The highest BCUT2D eigenvalue weighted by atomic mass is 16.5. The standard InChI is InChI=1S/C18H27N3O3/c1-20(2)18-16(7-5-9-19-18)24-15-8-10-21(13-15)17(22)12-14-6-3-4-11-23-14/h5,7,9,14-15H,3-4,6,8,10-13H2,1-2H3/t14-,15-/m1/s1. The van der Waals surface area contributed by atoms with Crippen molar-refractivity contribution in [3.8, 4) is 5.75 Å². The van der Waals surface area contributed by atoms with Gasteiger partial charge in [-0.1, -0.05) is 0 Å². The number of carbonyl (C=O) groups excluding carboxylic acids is 1. The highest BCUT2D eigenvalue weighted by Crippen LogP contribution is 2.27. The monoisotopic (exact) mass is 333 g/mol. The van der Waals surface area contributed by atoms with Crippen LogP contribution in [0.2, 0.25) is 0 Å². The fourth-order valence-corrected chi connectivity index (χ4v) is 3.33. The molecule has 6 nitrogen and oxygen atoms in total. The molecule has 0 radical (unpaired) electrons. The van der Waals surface area contributed by atoms with E-state index < -0.39 is 0 Å². The summed E-state index contributed by atoms with van der Waals surface area (Å²) in [6, 6.07) is 3.81. The molecule has 0 saturated carbocycles. The van der Waals surface area contributed by atoms with E-state index in [9.17, 15) is 4.79 Å². The molecule has 1 amide bonds. The Labute approximate surface area is 143 Å². The second kappa shape index (κ2) is 7.83. The zero-order valence-corrected chi connectivity index (χ0v) is 14.6. The number of likely N-dealkylation sites (tertiary alicyclic amines) is 1. The van der Waals surface area contributed by atoms with Crippen LogP contribution in [0.15, 0.2) is 18.3 Å². The lowest BCUT2D eigenvalue weighted by atomic mass is 10.1. The number of amides is 1. The van der Waals surface area contributed by atoms with E-state index in [4.69, 9.17) is 9.47 Å². The first-order valence-electron chi connectivity index (χ1n) is 8.82. The smallest absolute Gasteiger partial charge is 0.225 e. The molecule has 2 saturated heterocycles. The summed E-state index contributed by atoms with van der Waals surface area (Å²) in [5.41, 5.74) is 0. The molecular formula is C18H27N3O3. The van der Waals surface area contributed by atoms with E-state index >= 15 is 0 Å². The highest BCUT2D eigenvalue weighted by Gasteiger charge is 2.30. The van der Waals surface area contributed by atoms with Crippen LogP contribution in [0.5, 0.6) is 5.75 Å². The second-order valence-corrected chi connectivity index (χ2v) is 6.78. The summed E-state index contributed by atoms with van der Waals surface area (Å²) in [6.45, 7) is 2.19. The first kappa shape index (κ1) is 17.0. The third-order valence-electron chi connectivity index (χ3n) is 4.64. The number of anilines is 1. The van der Waals surface area contributed by atoms with Crippen molar-refractivity contribution < 1.29 is 14.3 Å². The lowest BCUT2D eigenvalue weighted by Crippen LogP contribution is -2.34. The molecule has 1 aromatic rings. The molecule has 0 aliphatic carbocycles. The molecule has 0 aromatic carbocycles. The molecule has 24 heavy (non-hydrogen) atoms. The molecule has 1 aromatic heterocycles. The third-order valence-corrected chi connectivity index (χ3v) is 4.64. The molecule has 2 aliphatic rings. The zero-order valence-electron chi connectivity index (χ0n) is 14.6. The maximum Gasteiger partial charge on any atom is 0.225 e. The Hall–Kier alpha value is -1.82. The van der Waals surface area contributed by atoms with Crippen LogP contribution in [-0.2, 0) is 9.53 Å². The molecule has 0 N–H and O–H groups in total. The lowest BCUT2D eigenvalue weighted by Gasteiger charge is -2.25. The number of nitrogens with zero attached hydrogens (tertiary/aromatic N) is 3. The average molecular weight is 333 g/mol. The Kier molecular flexibility index (Phi) is 5.56. The van der Waals surface area contributed by atoms with Gasteiger partial charge in [-0.3, -0.25) is 4.79 Å². The summed E-state index contributed by atoms with van der Waals surface area (Å²) in [7, 11) is 3.90. The molecule has 0 unspecified atom stereocenters. The van der Waals surface area contributed by atoms with Gasteiger partial charge < -0.3 is 19.3 Å². The van der Waals surface area contributed by atoms with Crippen LogP contribution in [-0.4, -0.2) is 61.8 Å². The summed E-state index contributed by atoms with van der Waals surface area (Å²) >= 11 is 0. The number of hydrogen-bond donors (Lipinski definition) is 0. The Morgan fingerprint density at radius 3 is 3.04 bits per heavy atom. The van der Waals surface area contributed by atoms with Crippen molar-refractivity contribution in [3.05, 3.63) is 18.3 Å².